The van der Waals surface area contributed by atoms with E-state index in [1.165, 1.54) is 15.6 Å². The van der Waals surface area contributed by atoms with E-state index in [9.17, 15) is 14.3 Å². The van der Waals surface area contributed by atoms with Crippen molar-refractivity contribution in [2.45, 2.75) is 13.1 Å². The summed E-state index contributed by atoms with van der Waals surface area (Å²) in [5, 5.41) is 13.3. The average Bonchev–Trinajstić information content (AvgIpc) is 3.27. The second kappa shape index (κ2) is 10.0. The van der Waals surface area contributed by atoms with E-state index in [0.717, 1.165) is 15.3 Å². The van der Waals surface area contributed by atoms with E-state index in [2.05, 4.69) is 5.10 Å². The molecule has 0 aliphatic rings. The van der Waals surface area contributed by atoms with E-state index in [-0.39, 0.29) is 36.9 Å². The molecule has 6 nitrogen and oxygen atoms in total. The number of hydrogen-bond donors (Lipinski definition) is 2. The number of phenols is 1. The lowest BCUT2D eigenvalue weighted by Gasteiger charge is -2.01. The predicted octanol–water partition coefficient (Wildman–Crippen LogP) is 3.26. The van der Waals surface area contributed by atoms with Gasteiger partial charge in [0.25, 0.3) is 0 Å². The van der Waals surface area contributed by atoms with E-state index in [1.54, 1.807) is 23.5 Å². The molecule has 2 heterocycles. The maximum Gasteiger partial charge on any atom is 0.346 e. The number of phenolic OH excluding ortho intramolecular Hbond substituents is 1. The fraction of sp³-hybridized carbons (Fsp3) is 0.158. The Balaban J connectivity index is 0.00000280. The molecule has 3 aromatic rings. The summed E-state index contributed by atoms with van der Waals surface area (Å²) >= 11 is 1.57. The molecule has 0 spiro atoms. The third kappa shape index (κ3) is 5.41. The van der Waals surface area contributed by atoms with Gasteiger partial charge in [-0.25, -0.2) is 13.9 Å². The molecule has 0 bridgehead atoms. The zero-order valence-electron chi connectivity index (χ0n) is 14.9. The van der Waals surface area contributed by atoms with Gasteiger partial charge in [-0.1, -0.05) is 18.2 Å². The first-order valence-electron chi connectivity index (χ1n) is 8.25. The van der Waals surface area contributed by atoms with Gasteiger partial charge >= 0.3 is 5.69 Å². The van der Waals surface area contributed by atoms with Crippen molar-refractivity contribution >= 4 is 35.9 Å². The molecule has 0 radical (unpaired) electrons. The molecule has 0 aliphatic heterocycles. The Hall–Kier alpha value is -2.68. The third-order valence-electron chi connectivity index (χ3n) is 3.91. The first kappa shape index (κ1) is 21.6. The Morgan fingerprint density at radius 2 is 1.96 bits per heavy atom. The Morgan fingerprint density at radius 1 is 1.21 bits per heavy atom. The van der Waals surface area contributed by atoms with Crippen LogP contribution in [-0.2, 0) is 13.1 Å². The van der Waals surface area contributed by atoms with Crippen LogP contribution in [0.5, 0.6) is 5.75 Å². The number of thiophene rings is 1. The van der Waals surface area contributed by atoms with Crippen LogP contribution in [0.4, 0.5) is 4.39 Å². The highest BCUT2D eigenvalue weighted by Crippen LogP contribution is 2.20. The smallest absolute Gasteiger partial charge is 0.346 e. The maximum atomic E-state index is 12.6. The normalized spacial score (nSPS) is 11.7. The maximum absolute atomic E-state index is 12.6. The number of halogens is 2. The summed E-state index contributed by atoms with van der Waals surface area (Å²) in [5.41, 5.74) is 6.40. The van der Waals surface area contributed by atoms with Gasteiger partial charge in [0.15, 0.2) is 0 Å². The molecule has 1 aromatic carbocycles. The highest BCUT2D eigenvalue weighted by molar-refractivity contribution is 7.12. The van der Waals surface area contributed by atoms with Crippen LogP contribution in [0, 0.1) is 0 Å². The highest BCUT2D eigenvalue weighted by atomic mass is 35.5. The van der Waals surface area contributed by atoms with Gasteiger partial charge in [0.05, 0.1) is 19.4 Å². The second-order valence-corrected chi connectivity index (χ2v) is 7.10. The molecule has 0 unspecified atom stereocenters. The molecule has 28 heavy (non-hydrogen) atoms. The fourth-order valence-electron chi connectivity index (χ4n) is 2.43. The Bertz CT molecular complexity index is 1020. The highest BCUT2D eigenvalue weighted by Gasteiger charge is 2.08. The van der Waals surface area contributed by atoms with Crippen molar-refractivity contribution in [2.24, 2.45) is 5.73 Å². The van der Waals surface area contributed by atoms with Gasteiger partial charge in [-0.05, 0) is 41.5 Å². The lowest BCUT2D eigenvalue weighted by Crippen LogP contribution is -2.26. The summed E-state index contributed by atoms with van der Waals surface area (Å²) < 4.78 is 15.3. The van der Waals surface area contributed by atoms with Gasteiger partial charge in [-0.15, -0.1) is 23.7 Å². The van der Waals surface area contributed by atoms with Crippen LogP contribution in [0.15, 0.2) is 59.4 Å². The van der Waals surface area contributed by atoms with Crippen LogP contribution < -0.4 is 11.4 Å². The van der Waals surface area contributed by atoms with Gasteiger partial charge in [0, 0.05) is 16.3 Å². The molecule has 0 saturated heterocycles. The summed E-state index contributed by atoms with van der Waals surface area (Å²) in [5.74, 6) is 0.233. The summed E-state index contributed by atoms with van der Waals surface area (Å²) in [6.07, 6.45) is 5.79. The first-order chi connectivity index (χ1) is 13.1. The molecule has 0 aliphatic carbocycles. The molecule has 0 amide bonds. The van der Waals surface area contributed by atoms with Crippen LogP contribution in [-0.4, -0.2) is 26.0 Å². The quantitative estimate of drug-likeness (QED) is 0.611. The fourth-order valence-corrected chi connectivity index (χ4v) is 3.34. The van der Waals surface area contributed by atoms with Gasteiger partial charge in [0.1, 0.15) is 12.1 Å². The van der Waals surface area contributed by atoms with Crippen molar-refractivity contribution in [1.82, 2.24) is 14.3 Å². The Labute approximate surface area is 171 Å². The summed E-state index contributed by atoms with van der Waals surface area (Å²) in [7, 11) is 0. The van der Waals surface area contributed by atoms with Crippen LogP contribution in [0.3, 0.4) is 0 Å². The van der Waals surface area contributed by atoms with Crippen molar-refractivity contribution in [3.63, 3.8) is 0 Å². The third-order valence-corrected chi connectivity index (χ3v) is 4.94. The predicted molar refractivity (Wildman–Crippen MR) is 112 cm³/mol. The van der Waals surface area contributed by atoms with Crippen LogP contribution >= 0.6 is 23.7 Å². The summed E-state index contributed by atoms with van der Waals surface area (Å²) in [4.78, 5) is 14.4. The van der Waals surface area contributed by atoms with Crippen LogP contribution in [0.2, 0.25) is 0 Å². The number of nitrogens with zero attached hydrogens (tertiary/aromatic N) is 3. The van der Waals surface area contributed by atoms with Crippen LogP contribution in [0.1, 0.15) is 15.3 Å². The minimum Gasteiger partial charge on any atom is -0.508 e. The SMILES string of the molecule is Cl.NC/C(=C\F)Cn1ncn(Cc2ccc(/C=C/c3ccc(O)cc3)s2)c1=O. The van der Waals surface area contributed by atoms with E-state index >= 15 is 0 Å². The number of benzene rings is 1. The molecule has 2 aromatic heterocycles. The van der Waals surface area contributed by atoms with Gasteiger partial charge in [-0.2, -0.15) is 5.10 Å². The number of nitrogens with two attached hydrogens (primary N) is 1. The average molecular weight is 423 g/mol. The van der Waals surface area contributed by atoms with E-state index in [1.807, 2.05) is 36.4 Å². The molecule has 3 N–H and O–H groups in total. The molecule has 148 valence electrons. The zero-order valence-corrected chi connectivity index (χ0v) is 16.5. The van der Waals surface area contributed by atoms with E-state index < -0.39 is 0 Å². The summed E-state index contributed by atoms with van der Waals surface area (Å²) in [6, 6.07) is 10.9. The molecule has 9 heteroatoms. The van der Waals surface area contributed by atoms with Gasteiger partial charge in [-0.3, -0.25) is 4.57 Å². The minimum absolute atomic E-state index is 0. The number of hydrogen-bond acceptors (Lipinski definition) is 5. The van der Waals surface area contributed by atoms with Gasteiger partial charge < -0.3 is 10.8 Å². The molecule has 0 atom stereocenters. The molecular formula is C19H20ClFN4O2S. The molecular weight excluding hydrogens is 403 g/mol. The largest absolute Gasteiger partial charge is 0.508 e. The lowest BCUT2D eigenvalue weighted by atomic mass is 10.2. The second-order valence-electron chi connectivity index (χ2n) is 5.90. The number of aromatic nitrogens is 3. The van der Waals surface area contributed by atoms with Crippen molar-refractivity contribution in [3.8, 4) is 5.75 Å². The van der Waals surface area contributed by atoms with Crippen molar-refractivity contribution in [3.05, 3.63) is 80.4 Å². The summed E-state index contributed by atoms with van der Waals surface area (Å²) in [6.45, 7) is 0.481. The van der Waals surface area contributed by atoms with Crippen molar-refractivity contribution in [2.75, 3.05) is 6.54 Å². The standard InChI is InChI=1S/C19H19FN4O2S.ClH/c20-9-15(10-21)11-24-19(26)23(13-22-24)12-18-8-7-17(27-18)6-3-14-1-4-16(25)5-2-14;/h1-9,13,25H,10-12,21H2;1H/b6-3+,15-9+;. The molecule has 0 fully saturated rings. The zero-order chi connectivity index (χ0) is 19.2. The lowest BCUT2D eigenvalue weighted by molar-refractivity contribution is 0.475. The van der Waals surface area contributed by atoms with Crippen molar-refractivity contribution in [1.29, 1.82) is 0 Å². The minimum atomic E-state index is -0.308. The monoisotopic (exact) mass is 422 g/mol. The topological polar surface area (TPSA) is 86.1 Å². The Kier molecular flexibility index (Phi) is 7.74. The number of rotatable bonds is 7. The van der Waals surface area contributed by atoms with Gasteiger partial charge in [0.2, 0.25) is 0 Å². The van der Waals surface area contributed by atoms with Crippen molar-refractivity contribution < 1.29 is 9.50 Å². The molecule has 0 saturated carbocycles. The first-order valence-corrected chi connectivity index (χ1v) is 9.07. The molecule has 3 rings (SSSR count). The van der Waals surface area contributed by atoms with E-state index in [0.29, 0.717) is 18.4 Å². The number of aromatic hydroxyl groups is 1. The Morgan fingerprint density at radius 3 is 2.64 bits per heavy atom. The van der Waals surface area contributed by atoms with E-state index in [4.69, 9.17) is 5.73 Å². The van der Waals surface area contributed by atoms with Crippen LogP contribution in [0.25, 0.3) is 12.2 Å².